The van der Waals surface area contributed by atoms with E-state index in [9.17, 15) is 14.4 Å². The fraction of sp³-hybridized carbons (Fsp3) is 0.722. The average molecular weight is 455 g/mol. The molecular formula is C18H26N6O4S2. The minimum atomic E-state index is -0.868. The SMILES string of the molecule is CC1CCC2(CC1)NC(=O)N(NC(=O)CSc1nnc(NCC3CCCO3)s1)C2=O. The lowest BCUT2D eigenvalue weighted by molar-refractivity contribution is -0.139. The fourth-order valence-corrected chi connectivity index (χ4v) is 5.50. The van der Waals surface area contributed by atoms with Gasteiger partial charge in [0.1, 0.15) is 5.54 Å². The van der Waals surface area contributed by atoms with E-state index in [0.29, 0.717) is 34.8 Å². The number of ether oxygens (including phenoxy) is 1. The lowest BCUT2D eigenvalue weighted by atomic mass is 9.77. The topological polar surface area (TPSA) is 126 Å². The standard InChI is InChI=1S/C18H26N6O4S2/c1-11-4-6-18(7-5-11)14(26)24(16(27)20-18)23-13(25)10-29-17-22-21-15(30-17)19-9-12-3-2-8-28-12/h11-12H,2-10H2,1H3,(H,19,21)(H,20,27)(H,23,25). The van der Waals surface area contributed by atoms with E-state index in [4.69, 9.17) is 4.74 Å². The molecular weight excluding hydrogens is 428 g/mol. The second-order valence-corrected chi connectivity index (χ2v) is 10.2. The molecule has 3 aliphatic rings. The van der Waals surface area contributed by atoms with E-state index in [1.165, 1.54) is 23.1 Å². The molecule has 0 aromatic carbocycles. The summed E-state index contributed by atoms with van der Waals surface area (Å²) in [6, 6.07) is -0.565. The van der Waals surface area contributed by atoms with Gasteiger partial charge in [-0.2, -0.15) is 5.01 Å². The van der Waals surface area contributed by atoms with Crippen molar-refractivity contribution in [2.45, 2.75) is 61.4 Å². The molecule has 4 amide bonds. The number of urea groups is 1. The molecule has 2 saturated heterocycles. The molecule has 2 aliphatic heterocycles. The van der Waals surface area contributed by atoms with Crippen LogP contribution in [-0.4, -0.2) is 63.6 Å². The highest BCUT2D eigenvalue weighted by Gasteiger charge is 2.52. The number of amides is 4. The van der Waals surface area contributed by atoms with E-state index in [1.54, 1.807) is 0 Å². The van der Waals surface area contributed by atoms with Crippen LogP contribution in [0.3, 0.4) is 0 Å². The Bertz CT molecular complexity index is 804. The summed E-state index contributed by atoms with van der Waals surface area (Å²) in [7, 11) is 0. The van der Waals surface area contributed by atoms with Crippen molar-refractivity contribution in [1.82, 2.24) is 25.9 Å². The summed E-state index contributed by atoms with van der Waals surface area (Å²) in [5, 5.41) is 15.6. The van der Waals surface area contributed by atoms with Gasteiger partial charge in [-0.1, -0.05) is 30.0 Å². The smallest absolute Gasteiger partial charge is 0.344 e. The number of hydrazine groups is 1. The number of rotatable bonds is 7. The van der Waals surface area contributed by atoms with Gasteiger partial charge in [-0.3, -0.25) is 15.0 Å². The molecule has 1 aromatic rings. The monoisotopic (exact) mass is 454 g/mol. The molecule has 0 radical (unpaired) electrons. The first-order valence-electron chi connectivity index (χ1n) is 10.2. The second-order valence-electron chi connectivity index (χ2n) is 8.05. The van der Waals surface area contributed by atoms with Gasteiger partial charge in [0.15, 0.2) is 4.34 Å². The van der Waals surface area contributed by atoms with E-state index in [-0.39, 0.29) is 17.8 Å². The minimum absolute atomic E-state index is 0.0292. The lowest BCUT2D eigenvalue weighted by Crippen LogP contribution is -2.51. The van der Waals surface area contributed by atoms with Crippen LogP contribution in [0.25, 0.3) is 0 Å². The molecule has 1 saturated carbocycles. The molecule has 164 valence electrons. The fourth-order valence-electron chi connectivity index (χ4n) is 3.95. The van der Waals surface area contributed by atoms with Crippen molar-refractivity contribution in [2.75, 3.05) is 24.2 Å². The first-order chi connectivity index (χ1) is 14.4. The summed E-state index contributed by atoms with van der Waals surface area (Å²) < 4.78 is 6.19. The van der Waals surface area contributed by atoms with Crippen LogP contribution < -0.4 is 16.1 Å². The van der Waals surface area contributed by atoms with Crippen molar-refractivity contribution in [3.63, 3.8) is 0 Å². The number of aromatic nitrogens is 2. The van der Waals surface area contributed by atoms with Crippen molar-refractivity contribution in [3.8, 4) is 0 Å². The molecule has 1 aliphatic carbocycles. The van der Waals surface area contributed by atoms with Crippen LogP contribution in [0.1, 0.15) is 45.4 Å². The van der Waals surface area contributed by atoms with Gasteiger partial charge in [-0.25, -0.2) is 4.79 Å². The van der Waals surface area contributed by atoms with Gasteiger partial charge in [-0.15, -0.1) is 10.2 Å². The molecule has 3 heterocycles. The third kappa shape index (κ3) is 4.70. The Balaban J connectivity index is 1.24. The van der Waals surface area contributed by atoms with Crippen molar-refractivity contribution in [3.05, 3.63) is 0 Å². The van der Waals surface area contributed by atoms with Crippen LogP contribution in [0.4, 0.5) is 9.93 Å². The number of nitrogens with one attached hydrogen (secondary N) is 3. The van der Waals surface area contributed by atoms with Crippen molar-refractivity contribution < 1.29 is 19.1 Å². The maximum Gasteiger partial charge on any atom is 0.344 e. The molecule has 10 nitrogen and oxygen atoms in total. The molecule has 0 bridgehead atoms. The van der Waals surface area contributed by atoms with Crippen LogP contribution in [0.5, 0.6) is 0 Å². The van der Waals surface area contributed by atoms with Gasteiger partial charge in [-0.05, 0) is 44.4 Å². The zero-order chi connectivity index (χ0) is 21.1. The van der Waals surface area contributed by atoms with Gasteiger partial charge in [0.05, 0.1) is 11.9 Å². The third-order valence-electron chi connectivity index (χ3n) is 5.76. The Morgan fingerprint density at radius 3 is 2.87 bits per heavy atom. The summed E-state index contributed by atoms with van der Waals surface area (Å²) in [6.07, 6.45) is 5.29. The van der Waals surface area contributed by atoms with Crippen molar-refractivity contribution in [1.29, 1.82) is 0 Å². The van der Waals surface area contributed by atoms with Crippen molar-refractivity contribution in [2.24, 2.45) is 5.92 Å². The van der Waals surface area contributed by atoms with Gasteiger partial charge in [0, 0.05) is 13.2 Å². The summed E-state index contributed by atoms with van der Waals surface area (Å²) in [4.78, 5) is 37.4. The highest BCUT2D eigenvalue weighted by molar-refractivity contribution is 8.01. The average Bonchev–Trinajstić information content (AvgIpc) is 3.45. The van der Waals surface area contributed by atoms with E-state index >= 15 is 0 Å². The van der Waals surface area contributed by atoms with Gasteiger partial charge in [0.25, 0.3) is 5.91 Å². The number of thioether (sulfide) groups is 1. The minimum Gasteiger partial charge on any atom is -0.376 e. The zero-order valence-electron chi connectivity index (χ0n) is 16.8. The number of carbonyl (C=O) groups excluding carboxylic acids is 3. The molecule has 1 spiro atoms. The maximum absolute atomic E-state index is 12.8. The molecule has 12 heteroatoms. The summed E-state index contributed by atoms with van der Waals surface area (Å²) in [6.45, 7) is 3.63. The Kier molecular flexibility index (Phi) is 6.44. The van der Waals surface area contributed by atoms with Crippen LogP contribution in [0.15, 0.2) is 4.34 Å². The predicted molar refractivity (Wildman–Crippen MR) is 112 cm³/mol. The van der Waals surface area contributed by atoms with Crippen LogP contribution >= 0.6 is 23.1 Å². The molecule has 3 N–H and O–H groups in total. The van der Waals surface area contributed by atoms with Crippen LogP contribution in [0, 0.1) is 5.92 Å². The molecule has 1 unspecified atom stereocenters. The molecule has 3 fully saturated rings. The summed E-state index contributed by atoms with van der Waals surface area (Å²) in [5.41, 5.74) is 1.57. The first-order valence-corrected chi connectivity index (χ1v) is 12.0. The first kappa shape index (κ1) is 21.3. The molecule has 1 aromatic heterocycles. The maximum atomic E-state index is 12.8. The van der Waals surface area contributed by atoms with E-state index in [2.05, 4.69) is 33.2 Å². The van der Waals surface area contributed by atoms with Gasteiger partial charge < -0.3 is 15.4 Å². The second kappa shape index (κ2) is 9.06. The number of carbonyl (C=O) groups is 3. The Morgan fingerprint density at radius 2 is 2.13 bits per heavy atom. The number of anilines is 1. The lowest BCUT2D eigenvalue weighted by Gasteiger charge is -2.33. The third-order valence-corrected chi connectivity index (χ3v) is 7.78. The largest absolute Gasteiger partial charge is 0.376 e. The normalized spacial score (nSPS) is 28.8. The highest BCUT2D eigenvalue weighted by Crippen LogP contribution is 2.35. The van der Waals surface area contributed by atoms with E-state index in [1.807, 2.05) is 0 Å². The molecule has 1 atom stereocenters. The number of hydrogen-bond acceptors (Lipinski definition) is 9. The van der Waals surface area contributed by atoms with Gasteiger partial charge in [0.2, 0.25) is 11.0 Å². The summed E-state index contributed by atoms with van der Waals surface area (Å²) in [5.74, 6) is -0.234. The highest BCUT2D eigenvalue weighted by atomic mass is 32.2. The summed E-state index contributed by atoms with van der Waals surface area (Å²) >= 11 is 2.57. The Morgan fingerprint density at radius 1 is 1.33 bits per heavy atom. The molecule has 4 rings (SSSR count). The Hall–Kier alpha value is -1.92. The van der Waals surface area contributed by atoms with E-state index in [0.717, 1.165) is 37.3 Å². The number of imide groups is 1. The predicted octanol–water partition coefficient (Wildman–Crippen LogP) is 1.75. The van der Waals surface area contributed by atoms with Crippen LogP contribution in [0.2, 0.25) is 0 Å². The molecule has 30 heavy (non-hydrogen) atoms. The van der Waals surface area contributed by atoms with Gasteiger partial charge >= 0.3 is 6.03 Å². The zero-order valence-corrected chi connectivity index (χ0v) is 18.4. The van der Waals surface area contributed by atoms with Crippen molar-refractivity contribution >= 4 is 46.1 Å². The van der Waals surface area contributed by atoms with Crippen LogP contribution in [-0.2, 0) is 14.3 Å². The number of hydrogen-bond donors (Lipinski definition) is 3. The van der Waals surface area contributed by atoms with E-state index < -0.39 is 17.5 Å². The Labute approximate surface area is 182 Å². The quantitative estimate of drug-likeness (QED) is 0.420. The number of nitrogens with zero attached hydrogens (tertiary/aromatic N) is 3.